The molecule has 0 aromatic carbocycles. The lowest BCUT2D eigenvalue weighted by molar-refractivity contribution is 0.0662. The summed E-state index contributed by atoms with van der Waals surface area (Å²) in [6.45, 7) is 7.89. The zero-order valence-electron chi connectivity index (χ0n) is 10.9. The molecule has 0 rings (SSSR count). The van der Waals surface area contributed by atoms with Gasteiger partial charge in [-0.3, -0.25) is 4.57 Å². The molecule has 0 amide bonds. The van der Waals surface area contributed by atoms with Crippen molar-refractivity contribution in [1.29, 1.82) is 0 Å². The highest BCUT2D eigenvalue weighted by Gasteiger charge is 2.56. The number of rotatable bonds is 9. The Labute approximate surface area is 104 Å². The maximum Gasteiger partial charge on any atom is 0.516 e. The molecule has 0 radical (unpaired) electrons. The monoisotopic (exact) mass is 286 g/mol. The first-order valence-corrected chi connectivity index (χ1v) is 9.33. The number of hydrogen-bond acceptors (Lipinski definition) is 4. The average molecular weight is 286 g/mol. The van der Waals surface area contributed by atoms with Crippen molar-refractivity contribution < 1.29 is 27.6 Å². The van der Waals surface area contributed by atoms with E-state index in [0.29, 0.717) is 19.8 Å². The van der Waals surface area contributed by atoms with Gasteiger partial charge in [0.25, 0.3) is 0 Å². The molecule has 0 spiro atoms. The SMILES string of the molecule is CCO[Si](OCC)(OCC)C(CC)P(=O)(O)O. The van der Waals surface area contributed by atoms with Gasteiger partial charge in [0.1, 0.15) is 5.28 Å². The molecule has 0 aliphatic carbocycles. The van der Waals surface area contributed by atoms with E-state index in [0.717, 1.165) is 0 Å². The lowest BCUT2D eigenvalue weighted by atomic mass is 10.6. The minimum atomic E-state index is -4.30. The third-order valence-electron chi connectivity index (χ3n) is 2.24. The summed E-state index contributed by atoms with van der Waals surface area (Å²) in [5.41, 5.74) is 0. The molecule has 0 aromatic heterocycles. The van der Waals surface area contributed by atoms with Crippen molar-refractivity contribution in [1.82, 2.24) is 0 Å². The Morgan fingerprint density at radius 1 is 1.00 bits per heavy atom. The summed E-state index contributed by atoms with van der Waals surface area (Å²) in [6.07, 6.45) is 0.260. The lowest BCUT2D eigenvalue weighted by Gasteiger charge is -2.34. The molecule has 17 heavy (non-hydrogen) atoms. The Bertz CT molecular complexity index is 239. The molecular weight excluding hydrogens is 263 g/mol. The van der Waals surface area contributed by atoms with Crippen LogP contribution >= 0.6 is 7.60 Å². The predicted octanol–water partition coefficient (Wildman–Crippen LogP) is 1.53. The van der Waals surface area contributed by atoms with Crippen LogP contribution in [0.15, 0.2) is 0 Å². The Balaban J connectivity index is 5.27. The van der Waals surface area contributed by atoms with Crippen molar-refractivity contribution in [2.45, 2.75) is 39.4 Å². The summed E-state index contributed by atoms with van der Waals surface area (Å²) < 4.78 is 28.0. The van der Waals surface area contributed by atoms with Crippen LogP contribution in [0.5, 0.6) is 0 Å². The van der Waals surface area contributed by atoms with Crippen LogP contribution < -0.4 is 0 Å². The van der Waals surface area contributed by atoms with Gasteiger partial charge in [-0.1, -0.05) is 6.92 Å². The van der Waals surface area contributed by atoms with E-state index in [2.05, 4.69) is 0 Å². The van der Waals surface area contributed by atoms with Crippen molar-refractivity contribution >= 4 is 16.4 Å². The molecule has 0 aromatic rings. The van der Waals surface area contributed by atoms with Crippen molar-refractivity contribution in [3.8, 4) is 0 Å². The normalized spacial score (nSPS) is 14.9. The van der Waals surface area contributed by atoms with Gasteiger partial charge in [-0.25, -0.2) is 0 Å². The molecule has 1 atom stereocenters. The van der Waals surface area contributed by atoms with Crippen LogP contribution in [0.4, 0.5) is 0 Å². The second kappa shape index (κ2) is 7.63. The predicted molar refractivity (Wildman–Crippen MR) is 66.8 cm³/mol. The molecule has 2 N–H and O–H groups in total. The zero-order valence-corrected chi connectivity index (χ0v) is 12.8. The van der Waals surface area contributed by atoms with E-state index in [4.69, 9.17) is 13.3 Å². The lowest BCUT2D eigenvalue weighted by Crippen LogP contribution is -2.56. The maximum absolute atomic E-state index is 11.5. The Morgan fingerprint density at radius 3 is 1.53 bits per heavy atom. The van der Waals surface area contributed by atoms with Gasteiger partial charge >= 0.3 is 16.4 Å². The van der Waals surface area contributed by atoms with Gasteiger partial charge in [0, 0.05) is 19.8 Å². The summed E-state index contributed by atoms with van der Waals surface area (Å²) in [5, 5.41) is -0.991. The minimum absolute atomic E-state index is 0.260. The first-order valence-electron chi connectivity index (χ1n) is 5.84. The van der Waals surface area contributed by atoms with Gasteiger partial charge in [-0.05, 0) is 27.2 Å². The fourth-order valence-electron chi connectivity index (χ4n) is 1.71. The largest absolute Gasteiger partial charge is 0.516 e. The third-order valence-corrected chi connectivity index (χ3v) is 8.67. The molecule has 1 unspecified atom stereocenters. The maximum atomic E-state index is 11.5. The fraction of sp³-hybridized carbons (Fsp3) is 1.00. The average Bonchev–Trinajstić information content (AvgIpc) is 2.17. The second-order valence-electron chi connectivity index (χ2n) is 3.42. The van der Waals surface area contributed by atoms with Crippen LogP contribution in [0.1, 0.15) is 34.1 Å². The quantitative estimate of drug-likeness (QED) is 0.494. The molecule has 0 aliphatic rings. The molecule has 0 bridgehead atoms. The van der Waals surface area contributed by atoms with E-state index < -0.39 is 21.7 Å². The van der Waals surface area contributed by atoms with Crippen LogP contribution in [0.2, 0.25) is 0 Å². The summed E-state index contributed by atoms with van der Waals surface area (Å²) in [5.74, 6) is 0. The summed E-state index contributed by atoms with van der Waals surface area (Å²) in [6, 6.07) is 0. The summed E-state index contributed by atoms with van der Waals surface area (Å²) >= 11 is 0. The molecule has 0 aliphatic heterocycles. The van der Waals surface area contributed by atoms with Crippen LogP contribution in [0.3, 0.4) is 0 Å². The highest BCUT2D eigenvalue weighted by Crippen LogP contribution is 2.48. The standard InChI is InChI=1S/C9H23O6PSi/c1-5-9(16(10,11)12)17(13-6-2,14-7-3)15-8-4/h9H,5-8H2,1-4H3,(H2,10,11,12). The Hall–Kier alpha value is 0.247. The van der Waals surface area contributed by atoms with E-state index in [1.165, 1.54) is 0 Å². The minimum Gasteiger partial charge on any atom is -0.373 e. The van der Waals surface area contributed by atoms with E-state index in [1.54, 1.807) is 27.7 Å². The molecule has 104 valence electrons. The fourth-order valence-corrected chi connectivity index (χ4v) is 7.04. The summed E-state index contributed by atoms with van der Waals surface area (Å²) in [7, 11) is -7.62. The van der Waals surface area contributed by atoms with Gasteiger partial charge in [0.05, 0.1) is 0 Å². The molecular formula is C9H23O6PSi. The highest BCUT2D eigenvalue weighted by molar-refractivity contribution is 7.55. The second-order valence-corrected chi connectivity index (χ2v) is 8.47. The van der Waals surface area contributed by atoms with E-state index in [9.17, 15) is 14.4 Å². The van der Waals surface area contributed by atoms with Crippen molar-refractivity contribution in [3.05, 3.63) is 0 Å². The van der Waals surface area contributed by atoms with Crippen LogP contribution in [-0.2, 0) is 17.8 Å². The van der Waals surface area contributed by atoms with Gasteiger partial charge in [0.15, 0.2) is 0 Å². The highest BCUT2D eigenvalue weighted by atomic mass is 31.2. The van der Waals surface area contributed by atoms with Gasteiger partial charge in [-0.2, -0.15) is 0 Å². The first-order chi connectivity index (χ1) is 7.87. The molecule has 0 saturated heterocycles. The molecule has 0 saturated carbocycles. The zero-order chi connectivity index (χ0) is 13.5. The molecule has 0 heterocycles. The summed E-state index contributed by atoms with van der Waals surface area (Å²) in [4.78, 5) is 18.8. The van der Waals surface area contributed by atoms with E-state index in [-0.39, 0.29) is 6.42 Å². The third kappa shape index (κ3) is 4.79. The van der Waals surface area contributed by atoms with Crippen molar-refractivity contribution in [2.75, 3.05) is 19.8 Å². The van der Waals surface area contributed by atoms with Gasteiger partial charge in [-0.15, -0.1) is 0 Å². The topological polar surface area (TPSA) is 85.2 Å². The van der Waals surface area contributed by atoms with Crippen molar-refractivity contribution in [2.24, 2.45) is 0 Å². The molecule has 0 fully saturated rings. The molecule has 8 heteroatoms. The molecule has 6 nitrogen and oxygen atoms in total. The Kier molecular flexibility index (Phi) is 7.74. The van der Waals surface area contributed by atoms with Gasteiger partial charge < -0.3 is 23.1 Å². The number of hydrogen-bond donors (Lipinski definition) is 2. The van der Waals surface area contributed by atoms with Crippen LogP contribution in [0.25, 0.3) is 0 Å². The van der Waals surface area contributed by atoms with Gasteiger partial charge in [0.2, 0.25) is 0 Å². The van der Waals surface area contributed by atoms with E-state index >= 15 is 0 Å². The van der Waals surface area contributed by atoms with E-state index in [1.807, 2.05) is 0 Å². The van der Waals surface area contributed by atoms with Crippen molar-refractivity contribution in [3.63, 3.8) is 0 Å². The van der Waals surface area contributed by atoms with Crippen LogP contribution in [-0.4, -0.2) is 43.7 Å². The Morgan fingerprint density at radius 2 is 1.35 bits per heavy atom. The first kappa shape index (κ1) is 17.2. The smallest absolute Gasteiger partial charge is 0.373 e. The van der Waals surface area contributed by atoms with Crippen LogP contribution in [0, 0.1) is 0 Å².